The molecule has 1 aliphatic rings. The van der Waals surface area contributed by atoms with E-state index < -0.39 is 5.60 Å². The third kappa shape index (κ3) is 2.75. The quantitative estimate of drug-likeness (QED) is 0.865. The number of hydrogen-bond acceptors (Lipinski definition) is 2. The molecule has 2 rings (SSSR count). The number of carbonyl (C=O) groups excluding carboxylic acids is 1. The van der Waals surface area contributed by atoms with Gasteiger partial charge in [-0.2, -0.15) is 0 Å². The Bertz CT molecular complexity index is 465. The van der Waals surface area contributed by atoms with Crippen molar-refractivity contribution in [2.24, 2.45) is 0 Å². The van der Waals surface area contributed by atoms with Crippen molar-refractivity contribution in [3.8, 4) is 0 Å². The van der Waals surface area contributed by atoms with Crippen LogP contribution in [0.15, 0.2) is 22.7 Å². The van der Waals surface area contributed by atoms with Crippen molar-refractivity contribution in [3.63, 3.8) is 0 Å². The highest BCUT2D eigenvalue weighted by molar-refractivity contribution is 9.10. The normalized spacial score (nSPS) is 16.1. The van der Waals surface area contributed by atoms with Crippen LogP contribution in [0, 0.1) is 0 Å². The Morgan fingerprint density at radius 1 is 1.44 bits per heavy atom. The first-order chi connectivity index (χ1) is 8.39. The van der Waals surface area contributed by atoms with Crippen LogP contribution in [-0.2, 0) is 17.8 Å². The molecule has 0 fully saturated rings. The van der Waals surface area contributed by atoms with Gasteiger partial charge in [0.1, 0.15) is 5.60 Å². The summed E-state index contributed by atoms with van der Waals surface area (Å²) in [4.78, 5) is 13.9. The molecule has 0 saturated heterocycles. The van der Waals surface area contributed by atoms with Gasteiger partial charge in [-0.25, -0.2) is 0 Å². The van der Waals surface area contributed by atoms with Gasteiger partial charge >= 0.3 is 0 Å². The first kappa shape index (κ1) is 13.6. The maximum atomic E-state index is 12.1. The summed E-state index contributed by atoms with van der Waals surface area (Å²) < 4.78 is 1.11. The molecular weight excluding hydrogens is 294 g/mol. The van der Waals surface area contributed by atoms with Crippen molar-refractivity contribution in [1.29, 1.82) is 0 Å². The summed E-state index contributed by atoms with van der Waals surface area (Å²) in [5.74, 6) is -0.199. The number of halogens is 1. The molecule has 18 heavy (non-hydrogen) atoms. The summed E-state index contributed by atoms with van der Waals surface area (Å²) in [7, 11) is 0. The second-order valence-corrected chi connectivity index (χ2v) is 6.12. The summed E-state index contributed by atoms with van der Waals surface area (Å²) in [6.07, 6.45) is 1.89. The fourth-order valence-electron chi connectivity index (χ4n) is 2.32. The maximum absolute atomic E-state index is 12.1. The first-order valence-corrected chi connectivity index (χ1v) is 6.97. The Hall–Kier alpha value is -0.870. The number of amides is 1. The highest BCUT2D eigenvalue weighted by Gasteiger charge is 2.30. The molecule has 1 aromatic rings. The molecule has 0 radical (unpaired) electrons. The molecule has 1 heterocycles. The predicted octanol–water partition coefficient (Wildman–Crippen LogP) is 2.49. The fraction of sp³-hybridized carbons (Fsp3) is 0.500. The third-order valence-corrected chi connectivity index (χ3v) is 3.99. The largest absolute Gasteiger partial charge is 0.381 e. The molecule has 0 saturated carbocycles. The number of carbonyl (C=O) groups is 1. The van der Waals surface area contributed by atoms with E-state index >= 15 is 0 Å². The molecule has 0 atom stereocenters. The van der Waals surface area contributed by atoms with Crippen LogP contribution >= 0.6 is 15.9 Å². The Kier molecular flexibility index (Phi) is 3.78. The predicted molar refractivity (Wildman–Crippen MR) is 74.2 cm³/mol. The van der Waals surface area contributed by atoms with Crippen molar-refractivity contribution < 1.29 is 9.90 Å². The number of aliphatic hydroxyl groups is 1. The molecule has 1 aliphatic heterocycles. The lowest BCUT2D eigenvalue weighted by molar-refractivity contribution is -0.148. The van der Waals surface area contributed by atoms with Crippen molar-refractivity contribution in [2.75, 3.05) is 6.54 Å². The Labute approximate surface area is 116 Å². The van der Waals surface area contributed by atoms with Crippen LogP contribution in [0.3, 0.4) is 0 Å². The van der Waals surface area contributed by atoms with E-state index in [1.54, 1.807) is 18.7 Å². The van der Waals surface area contributed by atoms with E-state index in [1.165, 1.54) is 11.1 Å². The summed E-state index contributed by atoms with van der Waals surface area (Å²) in [5, 5.41) is 9.83. The number of fused-ring (bicyclic) bond motifs is 1. The molecule has 4 heteroatoms. The zero-order chi connectivity index (χ0) is 13.3. The van der Waals surface area contributed by atoms with Gasteiger partial charge in [-0.05, 0) is 43.9 Å². The van der Waals surface area contributed by atoms with Gasteiger partial charge in [0, 0.05) is 17.6 Å². The zero-order valence-electron chi connectivity index (χ0n) is 10.7. The minimum absolute atomic E-state index is 0.199. The SMILES string of the molecule is CC(C)(O)C(=O)N1CCCc2c(Br)cccc2C1. The summed E-state index contributed by atoms with van der Waals surface area (Å²) >= 11 is 3.56. The summed E-state index contributed by atoms with van der Waals surface area (Å²) in [6, 6.07) is 6.07. The average Bonchev–Trinajstić information content (AvgIpc) is 2.50. The molecule has 3 nitrogen and oxygen atoms in total. The van der Waals surface area contributed by atoms with Crippen molar-refractivity contribution >= 4 is 21.8 Å². The molecule has 0 unspecified atom stereocenters. The van der Waals surface area contributed by atoms with Gasteiger partial charge < -0.3 is 10.0 Å². The van der Waals surface area contributed by atoms with Crippen LogP contribution in [0.25, 0.3) is 0 Å². The summed E-state index contributed by atoms with van der Waals surface area (Å²) in [6.45, 7) is 4.37. The van der Waals surface area contributed by atoms with E-state index in [-0.39, 0.29) is 5.91 Å². The molecule has 1 N–H and O–H groups in total. The minimum atomic E-state index is -1.30. The number of hydrogen-bond donors (Lipinski definition) is 1. The van der Waals surface area contributed by atoms with Crippen molar-refractivity contribution in [2.45, 2.75) is 38.8 Å². The van der Waals surface area contributed by atoms with E-state index in [2.05, 4.69) is 22.0 Å². The van der Waals surface area contributed by atoms with Crippen molar-refractivity contribution in [1.82, 2.24) is 4.90 Å². The molecule has 98 valence electrons. The van der Waals surface area contributed by atoms with E-state index in [1.807, 2.05) is 12.1 Å². The van der Waals surface area contributed by atoms with Gasteiger partial charge in [-0.3, -0.25) is 4.79 Å². The van der Waals surface area contributed by atoms with Crippen LogP contribution in [0.1, 0.15) is 31.4 Å². The van der Waals surface area contributed by atoms with Gasteiger partial charge in [0.05, 0.1) is 0 Å². The highest BCUT2D eigenvalue weighted by atomic mass is 79.9. The molecule has 0 aromatic heterocycles. The van der Waals surface area contributed by atoms with Gasteiger partial charge in [0.2, 0.25) is 0 Å². The van der Waals surface area contributed by atoms with Crippen LogP contribution in [0.2, 0.25) is 0 Å². The lowest BCUT2D eigenvalue weighted by Crippen LogP contribution is -2.44. The monoisotopic (exact) mass is 311 g/mol. The van der Waals surface area contributed by atoms with Gasteiger partial charge in [-0.15, -0.1) is 0 Å². The molecule has 0 aliphatic carbocycles. The number of nitrogens with zero attached hydrogens (tertiary/aromatic N) is 1. The average molecular weight is 312 g/mol. The summed E-state index contributed by atoms with van der Waals surface area (Å²) in [5.41, 5.74) is 1.15. The fourth-order valence-corrected chi connectivity index (χ4v) is 2.93. The maximum Gasteiger partial charge on any atom is 0.254 e. The number of rotatable bonds is 1. The first-order valence-electron chi connectivity index (χ1n) is 6.17. The molecule has 0 spiro atoms. The Morgan fingerprint density at radius 3 is 2.83 bits per heavy atom. The molecular formula is C14H18BrNO2. The molecule has 1 aromatic carbocycles. The molecule has 0 bridgehead atoms. The van der Waals surface area contributed by atoms with Crippen LogP contribution in [0.4, 0.5) is 0 Å². The zero-order valence-corrected chi connectivity index (χ0v) is 12.3. The molecule has 1 amide bonds. The topological polar surface area (TPSA) is 40.5 Å². The van der Waals surface area contributed by atoms with Crippen molar-refractivity contribution in [3.05, 3.63) is 33.8 Å². The third-order valence-electron chi connectivity index (χ3n) is 3.24. The van der Waals surface area contributed by atoms with E-state index in [9.17, 15) is 9.90 Å². The van der Waals surface area contributed by atoms with Gasteiger partial charge in [-0.1, -0.05) is 28.1 Å². The lowest BCUT2D eigenvalue weighted by Gasteiger charge is -2.27. The van der Waals surface area contributed by atoms with Gasteiger partial charge in [0.25, 0.3) is 5.91 Å². The van der Waals surface area contributed by atoms with E-state index in [0.29, 0.717) is 13.1 Å². The Balaban J connectivity index is 2.27. The minimum Gasteiger partial charge on any atom is -0.381 e. The van der Waals surface area contributed by atoms with E-state index in [4.69, 9.17) is 0 Å². The Morgan fingerprint density at radius 2 is 2.17 bits per heavy atom. The van der Waals surface area contributed by atoms with Gasteiger partial charge in [0.15, 0.2) is 0 Å². The lowest BCUT2D eigenvalue weighted by atomic mass is 10.0. The van der Waals surface area contributed by atoms with Crippen LogP contribution in [0.5, 0.6) is 0 Å². The van der Waals surface area contributed by atoms with E-state index in [0.717, 1.165) is 17.3 Å². The second kappa shape index (κ2) is 5.02. The van der Waals surface area contributed by atoms with Crippen LogP contribution < -0.4 is 0 Å². The smallest absolute Gasteiger partial charge is 0.254 e. The number of benzene rings is 1. The van der Waals surface area contributed by atoms with Crippen LogP contribution in [-0.4, -0.2) is 28.1 Å². The second-order valence-electron chi connectivity index (χ2n) is 5.27. The highest BCUT2D eigenvalue weighted by Crippen LogP contribution is 2.27. The standard InChI is InChI=1S/C14H18BrNO2/c1-14(2,18)13(17)16-8-4-6-11-10(9-16)5-3-7-12(11)15/h3,5,7,18H,4,6,8-9H2,1-2H3.